The zero-order valence-electron chi connectivity index (χ0n) is 3.22. The SMILES string of the molecule is C[SiH3].F.F.F. The first kappa shape index (κ1) is 79.3. The van der Waals surface area contributed by atoms with Gasteiger partial charge >= 0.3 is 0 Å². The Morgan fingerprint density at radius 3 is 0.800 bits per heavy atom. The number of hydrogen-bond acceptors (Lipinski definition) is 0. The second-order valence-electron chi connectivity index (χ2n) is 0. The van der Waals surface area contributed by atoms with Gasteiger partial charge in [0.2, 0.25) is 0 Å². The van der Waals surface area contributed by atoms with Crippen molar-refractivity contribution in [2.24, 2.45) is 0 Å². The van der Waals surface area contributed by atoms with Gasteiger partial charge in [0.25, 0.3) is 0 Å². The molecule has 0 atom stereocenters. The Morgan fingerprint density at radius 2 is 0.800 bits per heavy atom. The van der Waals surface area contributed by atoms with Crippen molar-refractivity contribution in [3.05, 3.63) is 0 Å². The third kappa shape index (κ3) is 341000. The van der Waals surface area contributed by atoms with E-state index >= 15 is 0 Å². The lowest BCUT2D eigenvalue weighted by molar-refractivity contribution is 1.11. The van der Waals surface area contributed by atoms with Crippen LogP contribution in [0.3, 0.4) is 0 Å². The minimum atomic E-state index is 0. The Balaban J connectivity index is -0.00000000167. The maximum absolute atomic E-state index is 2.14. The molecular weight excluding hydrogens is 97.1 g/mol. The van der Waals surface area contributed by atoms with Crippen molar-refractivity contribution >= 4 is 10.2 Å². The van der Waals surface area contributed by atoms with Crippen molar-refractivity contribution in [3.63, 3.8) is 0 Å². The van der Waals surface area contributed by atoms with Gasteiger partial charge in [-0.1, -0.05) is 6.55 Å². The van der Waals surface area contributed by atoms with Crippen molar-refractivity contribution in [2.75, 3.05) is 0 Å². The van der Waals surface area contributed by atoms with Gasteiger partial charge in [-0.3, -0.25) is 14.1 Å². The lowest BCUT2D eigenvalue weighted by atomic mass is 11.9. The summed E-state index contributed by atoms with van der Waals surface area (Å²) in [5.74, 6) is 0. The first-order chi connectivity index (χ1) is 1.00. The molecule has 0 bridgehead atoms. The molecule has 0 saturated carbocycles. The van der Waals surface area contributed by atoms with E-state index in [-0.39, 0.29) is 14.1 Å². The largest absolute Gasteiger partial charge is 0.269 e. The van der Waals surface area contributed by atoms with E-state index in [0.717, 1.165) is 0 Å². The second kappa shape index (κ2) is 765000. The fourth-order valence-electron chi connectivity index (χ4n) is 0. The molecule has 0 aromatic rings. The van der Waals surface area contributed by atoms with Crippen LogP contribution < -0.4 is 0 Å². The zero-order chi connectivity index (χ0) is 2.00. The molecule has 0 spiro atoms. The van der Waals surface area contributed by atoms with Gasteiger partial charge in [-0.05, 0) is 10.2 Å². The summed E-state index contributed by atoms with van der Waals surface area (Å²) in [6, 6.07) is 0. The summed E-state index contributed by atoms with van der Waals surface area (Å²) in [6.07, 6.45) is 0. The number of halogens is 3. The van der Waals surface area contributed by atoms with E-state index in [1.54, 1.807) is 0 Å². The predicted molar refractivity (Wildman–Crippen MR) is 23.3 cm³/mol. The molecular formula is CH9F3Si. The average molecular weight is 106 g/mol. The summed E-state index contributed by atoms with van der Waals surface area (Å²) < 4.78 is 0. The van der Waals surface area contributed by atoms with Gasteiger partial charge in [-0.25, -0.2) is 0 Å². The molecule has 38 valence electrons. The molecule has 0 aliphatic heterocycles. The summed E-state index contributed by atoms with van der Waals surface area (Å²) in [4.78, 5) is 0. The highest BCUT2D eigenvalue weighted by Crippen LogP contribution is 0.960. The van der Waals surface area contributed by atoms with Crippen LogP contribution in [0.25, 0.3) is 0 Å². The minimum absolute atomic E-state index is 0. The minimum Gasteiger partial charge on any atom is -0.269 e. The Bertz CT molecular complexity index is 6.85. The molecule has 0 heterocycles. The normalized spacial score (nSPS) is 1.80. The Kier molecular flexibility index (Phi) is 12100000. The lowest BCUT2D eigenvalue weighted by Gasteiger charge is -1.04. The highest BCUT2D eigenvalue weighted by molar-refractivity contribution is 6.05. The summed E-state index contributed by atoms with van der Waals surface area (Å²) in [6.45, 7) is 2.14. The van der Waals surface area contributed by atoms with Gasteiger partial charge in [0.05, 0.1) is 0 Å². The first-order valence-electron chi connectivity index (χ1n) is 1.00. The molecule has 0 unspecified atom stereocenters. The Hall–Kier alpha value is 0.00688. The maximum Gasteiger partial charge on any atom is -0.000585 e. The third-order valence-corrected chi connectivity index (χ3v) is 0. The topological polar surface area (TPSA) is 0 Å². The Morgan fingerprint density at radius 1 is 0.800 bits per heavy atom. The maximum atomic E-state index is 2.14. The van der Waals surface area contributed by atoms with Crippen LogP contribution in [-0.2, 0) is 0 Å². The van der Waals surface area contributed by atoms with Crippen molar-refractivity contribution in [1.82, 2.24) is 0 Å². The summed E-state index contributed by atoms with van der Waals surface area (Å²) >= 11 is 0. The fraction of sp³-hybridized carbons (Fsp3) is 1.00. The third-order valence-electron chi connectivity index (χ3n) is 0. The molecule has 0 N–H and O–H groups in total. The lowest BCUT2D eigenvalue weighted by Crippen LogP contribution is -1.13. The van der Waals surface area contributed by atoms with E-state index in [4.69, 9.17) is 0 Å². The van der Waals surface area contributed by atoms with Crippen molar-refractivity contribution in [1.29, 1.82) is 0 Å². The Labute approximate surface area is 32.1 Å². The van der Waals surface area contributed by atoms with Gasteiger partial charge in [0, 0.05) is 0 Å². The number of rotatable bonds is 0. The van der Waals surface area contributed by atoms with Gasteiger partial charge < -0.3 is 0 Å². The quantitative estimate of drug-likeness (QED) is 0.377. The van der Waals surface area contributed by atoms with E-state index in [1.807, 2.05) is 0 Å². The highest BCUT2D eigenvalue weighted by Gasteiger charge is 0.962. The molecule has 5 heavy (non-hydrogen) atoms. The second-order valence-corrected chi connectivity index (χ2v) is 0. The molecule has 0 fully saturated rings. The van der Waals surface area contributed by atoms with Crippen LogP contribution in [0.2, 0.25) is 6.55 Å². The molecule has 0 aromatic heterocycles. The summed E-state index contributed by atoms with van der Waals surface area (Å²) in [7, 11) is 1.31. The summed E-state index contributed by atoms with van der Waals surface area (Å²) in [5.41, 5.74) is 0. The zero-order valence-corrected chi connectivity index (χ0v) is 5.22. The van der Waals surface area contributed by atoms with Gasteiger partial charge in [0.1, 0.15) is 0 Å². The van der Waals surface area contributed by atoms with Crippen LogP contribution in [0.4, 0.5) is 14.1 Å². The molecule has 0 saturated heterocycles. The van der Waals surface area contributed by atoms with E-state index in [1.165, 1.54) is 10.2 Å². The van der Waals surface area contributed by atoms with E-state index in [9.17, 15) is 0 Å². The molecule has 4 heteroatoms. The average Bonchev–Trinajstić information content (AvgIpc) is 1.00. The van der Waals surface area contributed by atoms with Gasteiger partial charge in [-0.2, -0.15) is 0 Å². The molecule has 0 aliphatic rings. The van der Waals surface area contributed by atoms with E-state index in [2.05, 4.69) is 6.55 Å². The fourth-order valence-corrected chi connectivity index (χ4v) is 0. The van der Waals surface area contributed by atoms with Crippen molar-refractivity contribution in [2.45, 2.75) is 6.55 Å². The monoisotopic (exact) mass is 106 g/mol. The van der Waals surface area contributed by atoms with Crippen LogP contribution in [-0.4, -0.2) is 10.2 Å². The van der Waals surface area contributed by atoms with Gasteiger partial charge in [0.15, 0.2) is 0 Å². The first-order valence-corrected chi connectivity index (χ1v) is 3.00. The number of hydrogen-bond donors (Lipinski definition) is 0. The highest BCUT2D eigenvalue weighted by atomic mass is 28.1. The van der Waals surface area contributed by atoms with Crippen molar-refractivity contribution in [3.8, 4) is 0 Å². The van der Waals surface area contributed by atoms with Crippen LogP contribution in [0, 0.1) is 0 Å². The van der Waals surface area contributed by atoms with Gasteiger partial charge in [-0.15, -0.1) is 0 Å². The molecule has 0 rings (SSSR count). The molecule has 0 aromatic carbocycles. The van der Waals surface area contributed by atoms with Crippen LogP contribution >= 0.6 is 0 Å². The standard InChI is InChI=1S/CH6Si.3FH/c1-2;;;/h1-2H3;3*1H. The molecule has 0 nitrogen and oxygen atoms in total. The van der Waals surface area contributed by atoms with E-state index < -0.39 is 0 Å². The smallest absolute Gasteiger partial charge is 0.000585 e. The van der Waals surface area contributed by atoms with Crippen molar-refractivity contribution < 1.29 is 14.1 Å². The molecule has 0 radical (unpaired) electrons. The molecule has 0 amide bonds. The molecule has 0 aliphatic carbocycles. The van der Waals surface area contributed by atoms with Crippen LogP contribution in [0.5, 0.6) is 0 Å². The van der Waals surface area contributed by atoms with Crippen LogP contribution in [0.15, 0.2) is 0 Å². The van der Waals surface area contributed by atoms with Crippen LogP contribution in [0.1, 0.15) is 0 Å². The summed E-state index contributed by atoms with van der Waals surface area (Å²) in [5, 5.41) is 0. The predicted octanol–water partition coefficient (Wildman–Crippen LogP) is -0.143. The van der Waals surface area contributed by atoms with E-state index in [0.29, 0.717) is 0 Å².